The van der Waals surface area contributed by atoms with Crippen LogP contribution in [0.25, 0.3) is 0 Å². The van der Waals surface area contributed by atoms with Crippen LogP contribution in [0.5, 0.6) is 5.75 Å². The zero-order chi connectivity index (χ0) is 11.8. The number of nitrogens with one attached hydrogen (secondary N) is 1. The molecule has 1 aromatic carbocycles. The smallest absolute Gasteiger partial charge is 0.240 e. The normalized spacial score (nSPS) is 10.4. The van der Waals surface area contributed by atoms with Gasteiger partial charge in [0.05, 0.1) is 13.3 Å². The van der Waals surface area contributed by atoms with Crippen molar-refractivity contribution in [2.75, 3.05) is 7.11 Å². The van der Waals surface area contributed by atoms with Crippen LogP contribution < -0.4 is 10.2 Å². The van der Waals surface area contributed by atoms with Gasteiger partial charge in [-0.15, -0.1) is 0 Å². The Balaban J connectivity index is 2.58. The summed E-state index contributed by atoms with van der Waals surface area (Å²) >= 11 is 0. The third kappa shape index (κ3) is 3.73. The molecule has 0 unspecified atom stereocenters. The number of hydrogen-bond donors (Lipinski definition) is 1. The Morgan fingerprint density at radius 1 is 1.50 bits per heavy atom. The van der Waals surface area contributed by atoms with Gasteiger partial charge in [-0.1, -0.05) is 19.1 Å². The van der Waals surface area contributed by atoms with Crippen molar-refractivity contribution >= 4 is 12.1 Å². The summed E-state index contributed by atoms with van der Waals surface area (Å²) in [5, 5.41) is 3.86. The number of hydrazone groups is 1. The van der Waals surface area contributed by atoms with Crippen LogP contribution in [-0.4, -0.2) is 19.2 Å². The second kappa shape index (κ2) is 6.61. The van der Waals surface area contributed by atoms with Crippen molar-refractivity contribution in [3.63, 3.8) is 0 Å². The summed E-state index contributed by atoms with van der Waals surface area (Å²) in [6.07, 6.45) is 2.88. The summed E-state index contributed by atoms with van der Waals surface area (Å²) in [5.41, 5.74) is 3.29. The lowest BCUT2D eigenvalue weighted by atomic mass is 10.2. The molecule has 0 saturated heterocycles. The van der Waals surface area contributed by atoms with E-state index in [2.05, 4.69) is 10.5 Å². The first-order chi connectivity index (χ1) is 7.77. The van der Waals surface area contributed by atoms with Gasteiger partial charge < -0.3 is 4.74 Å². The molecule has 0 atom stereocenters. The average molecular weight is 220 g/mol. The third-order valence-electron chi connectivity index (χ3n) is 2.01. The summed E-state index contributed by atoms with van der Waals surface area (Å²) in [6.45, 7) is 1.95. The maximum Gasteiger partial charge on any atom is 0.240 e. The van der Waals surface area contributed by atoms with Crippen LogP contribution in [0.3, 0.4) is 0 Å². The molecule has 0 heterocycles. The molecule has 1 aromatic rings. The van der Waals surface area contributed by atoms with Crippen LogP contribution in [0, 0.1) is 0 Å². The zero-order valence-corrected chi connectivity index (χ0v) is 9.56. The number of hydrogen-bond acceptors (Lipinski definition) is 3. The fourth-order valence-corrected chi connectivity index (χ4v) is 1.23. The number of nitrogens with zero attached hydrogens (tertiary/aromatic N) is 1. The van der Waals surface area contributed by atoms with Gasteiger partial charge in [0.2, 0.25) is 5.91 Å². The molecule has 4 heteroatoms. The van der Waals surface area contributed by atoms with E-state index in [9.17, 15) is 4.79 Å². The minimum atomic E-state index is -0.0753. The second-order valence-corrected chi connectivity index (χ2v) is 3.29. The van der Waals surface area contributed by atoms with Gasteiger partial charge in [-0.25, -0.2) is 5.43 Å². The van der Waals surface area contributed by atoms with Crippen molar-refractivity contribution in [3.05, 3.63) is 29.8 Å². The van der Waals surface area contributed by atoms with Crippen LogP contribution in [-0.2, 0) is 4.79 Å². The van der Waals surface area contributed by atoms with Gasteiger partial charge in [0, 0.05) is 12.0 Å². The van der Waals surface area contributed by atoms with E-state index < -0.39 is 0 Å². The van der Waals surface area contributed by atoms with Crippen molar-refractivity contribution in [2.24, 2.45) is 5.10 Å². The Labute approximate surface area is 95.3 Å². The predicted molar refractivity (Wildman–Crippen MR) is 63.6 cm³/mol. The Bertz CT molecular complexity index is 375. The number of ether oxygens (including phenoxy) is 1. The van der Waals surface area contributed by atoms with E-state index in [-0.39, 0.29) is 5.91 Å². The summed E-state index contributed by atoms with van der Waals surface area (Å²) in [7, 11) is 1.60. The van der Waals surface area contributed by atoms with Gasteiger partial charge in [-0.3, -0.25) is 4.79 Å². The van der Waals surface area contributed by atoms with Crippen molar-refractivity contribution in [1.29, 1.82) is 0 Å². The van der Waals surface area contributed by atoms with Crippen LogP contribution in [0.4, 0.5) is 0 Å². The molecule has 1 N–H and O–H groups in total. The van der Waals surface area contributed by atoms with Crippen molar-refractivity contribution < 1.29 is 9.53 Å². The van der Waals surface area contributed by atoms with Crippen LogP contribution in [0.2, 0.25) is 0 Å². The number of carbonyl (C=O) groups is 1. The lowest BCUT2D eigenvalue weighted by Gasteiger charge is -2.02. The maximum atomic E-state index is 11.1. The average Bonchev–Trinajstić information content (AvgIpc) is 2.30. The summed E-state index contributed by atoms with van der Waals surface area (Å²) in [6, 6.07) is 7.48. The van der Waals surface area contributed by atoms with E-state index in [1.165, 1.54) is 0 Å². The van der Waals surface area contributed by atoms with Gasteiger partial charge in [0.25, 0.3) is 0 Å². The van der Waals surface area contributed by atoms with Gasteiger partial charge in [0.15, 0.2) is 0 Å². The fourth-order valence-electron chi connectivity index (χ4n) is 1.23. The molecule has 0 aliphatic rings. The highest BCUT2D eigenvalue weighted by Crippen LogP contribution is 2.14. The van der Waals surface area contributed by atoms with Gasteiger partial charge in [-0.2, -0.15) is 5.10 Å². The van der Waals surface area contributed by atoms with E-state index in [1.807, 2.05) is 31.2 Å². The molecule has 0 spiro atoms. The first-order valence-corrected chi connectivity index (χ1v) is 5.22. The van der Waals surface area contributed by atoms with Gasteiger partial charge in [0.1, 0.15) is 5.75 Å². The highest BCUT2D eigenvalue weighted by Gasteiger charge is 1.98. The topological polar surface area (TPSA) is 50.7 Å². The molecule has 16 heavy (non-hydrogen) atoms. The van der Waals surface area contributed by atoms with E-state index in [0.29, 0.717) is 6.42 Å². The summed E-state index contributed by atoms with van der Waals surface area (Å²) in [4.78, 5) is 11.1. The summed E-state index contributed by atoms with van der Waals surface area (Å²) < 4.78 is 5.15. The standard InChI is InChI=1S/C12H16N2O2/c1-3-6-12(15)14-13-9-10-7-4-5-8-11(10)16-2/h4-5,7-9H,3,6H2,1-2H3,(H,14,15)/b13-9+. The minimum Gasteiger partial charge on any atom is -0.496 e. The van der Waals surface area contributed by atoms with Crippen molar-refractivity contribution in [1.82, 2.24) is 5.43 Å². The van der Waals surface area contributed by atoms with Crippen LogP contribution in [0.1, 0.15) is 25.3 Å². The molecule has 4 nitrogen and oxygen atoms in total. The Morgan fingerprint density at radius 2 is 2.25 bits per heavy atom. The maximum absolute atomic E-state index is 11.1. The number of amides is 1. The molecule has 1 rings (SSSR count). The molecular formula is C12H16N2O2. The van der Waals surface area contributed by atoms with Gasteiger partial charge >= 0.3 is 0 Å². The first-order valence-electron chi connectivity index (χ1n) is 5.22. The highest BCUT2D eigenvalue weighted by atomic mass is 16.5. The molecule has 0 radical (unpaired) electrons. The monoisotopic (exact) mass is 220 g/mol. The summed E-state index contributed by atoms with van der Waals surface area (Å²) in [5.74, 6) is 0.657. The number of methoxy groups -OCH3 is 1. The van der Waals surface area contributed by atoms with Crippen molar-refractivity contribution in [2.45, 2.75) is 19.8 Å². The molecule has 86 valence electrons. The Hall–Kier alpha value is -1.84. The van der Waals surface area contributed by atoms with E-state index in [0.717, 1.165) is 17.7 Å². The molecule has 0 bridgehead atoms. The minimum absolute atomic E-state index is 0.0753. The first kappa shape index (κ1) is 12.2. The lowest BCUT2D eigenvalue weighted by Crippen LogP contribution is -2.16. The van der Waals surface area contributed by atoms with E-state index in [4.69, 9.17) is 4.74 Å². The predicted octanol–water partition coefficient (Wildman–Crippen LogP) is 1.95. The largest absolute Gasteiger partial charge is 0.496 e. The molecular weight excluding hydrogens is 204 g/mol. The molecule has 0 aliphatic heterocycles. The van der Waals surface area contributed by atoms with Crippen LogP contribution >= 0.6 is 0 Å². The number of para-hydroxylation sites is 1. The van der Waals surface area contributed by atoms with Crippen LogP contribution in [0.15, 0.2) is 29.4 Å². The second-order valence-electron chi connectivity index (χ2n) is 3.29. The molecule has 0 aromatic heterocycles. The number of rotatable bonds is 5. The highest BCUT2D eigenvalue weighted by molar-refractivity contribution is 5.85. The quantitative estimate of drug-likeness (QED) is 0.609. The van der Waals surface area contributed by atoms with Gasteiger partial charge in [-0.05, 0) is 18.6 Å². The molecule has 1 amide bonds. The molecule has 0 fully saturated rings. The van der Waals surface area contributed by atoms with E-state index in [1.54, 1.807) is 13.3 Å². The van der Waals surface area contributed by atoms with E-state index >= 15 is 0 Å². The SMILES string of the molecule is CCCC(=O)N/N=C/c1ccccc1OC. The lowest BCUT2D eigenvalue weighted by molar-refractivity contribution is -0.121. The number of carbonyl (C=O) groups excluding carboxylic acids is 1. The fraction of sp³-hybridized carbons (Fsp3) is 0.333. The molecule has 0 aliphatic carbocycles. The molecule has 0 saturated carbocycles. The Kier molecular flexibility index (Phi) is 5.05. The number of benzene rings is 1. The Morgan fingerprint density at radius 3 is 2.94 bits per heavy atom. The van der Waals surface area contributed by atoms with Crippen molar-refractivity contribution in [3.8, 4) is 5.75 Å². The zero-order valence-electron chi connectivity index (χ0n) is 9.56. The third-order valence-corrected chi connectivity index (χ3v) is 2.01.